The van der Waals surface area contributed by atoms with Crippen molar-refractivity contribution in [2.45, 2.75) is 18.7 Å². The monoisotopic (exact) mass is 424 g/mol. The van der Waals surface area contributed by atoms with Gasteiger partial charge in [-0.1, -0.05) is 30.3 Å². The van der Waals surface area contributed by atoms with E-state index in [2.05, 4.69) is 10.0 Å². The maximum Gasteiger partial charge on any atom is 0.261 e. The Kier molecular flexibility index (Phi) is 6.32. The van der Waals surface area contributed by atoms with E-state index >= 15 is 0 Å². The molecule has 0 aliphatic heterocycles. The highest BCUT2D eigenvalue weighted by atomic mass is 32.2. The first kappa shape index (κ1) is 21.3. The molecule has 0 bridgehead atoms. The van der Waals surface area contributed by atoms with Gasteiger partial charge in [-0.15, -0.1) is 0 Å². The number of sulfonamides is 1. The quantitative estimate of drug-likeness (QED) is 0.553. The molecule has 154 valence electrons. The number of amides is 1. The van der Waals surface area contributed by atoms with Gasteiger partial charge >= 0.3 is 0 Å². The number of aryl methyl sites for hydroxylation is 2. The molecule has 3 rings (SSSR count). The number of para-hydroxylation sites is 1. The van der Waals surface area contributed by atoms with E-state index in [0.717, 1.165) is 11.1 Å². The number of hydrogen-bond donors (Lipinski definition) is 2. The fourth-order valence-electron chi connectivity index (χ4n) is 2.82. The molecule has 0 radical (unpaired) electrons. The largest absolute Gasteiger partial charge is 0.323 e. The highest BCUT2D eigenvalue weighted by Gasteiger charge is 2.16. The van der Waals surface area contributed by atoms with E-state index in [9.17, 15) is 17.6 Å². The maximum atomic E-state index is 12.9. The van der Waals surface area contributed by atoms with Crippen LogP contribution in [0.25, 0.3) is 6.08 Å². The number of hydrogen-bond acceptors (Lipinski definition) is 3. The van der Waals surface area contributed by atoms with Gasteiger partial charge in [0.15, 0.2) is 0 Å². The van der Waals surface area contributed by atoms with E-state index in [4.69, 9.17) is 0 Å². The van der Waals surface area contributed by atoms with Crippen molar-refractivity contribution in [2.75, 3.05) is 10.0 Å². The molecule has 0 atom stereocenters. The highest BCUT2D eigenvalue weighted by molar-refractivity contribution is 7.92. The summed E-state index contributed by atoms with van der Waals surface area (Å²) >= 11 is 0. The van der Waals surface area contributed by atoms with Crippen molar-refractivity contribution in [2.24, 2.45) is 0 Å². The smallest absolute Gasteiger partial charge is 0.261 e. The summed E-state index contributed by atoms with van der Waals surface area (Å²) < 4.78 is 40.9. The third-order valence-corrected chi connectivity index (χ3v) is 5.81. The van der Waals surface area contributed by atoms with Crippen molar-refractivity contribution in [3.63, 3.8) is 0 Å². The lowest BCUT2D eigenvalue weighted by molar-refractivity contribution is -0.111. The molecule has 0 heterocycles. The van der Waals surface area contributed by atoms with Gasteiger partial charge in [-0.3, -0.25) is 9.52 Å². The zero-order chi connectivity index (χ0) is 21.7. The van der Waals surface area contributed by atoms with E-state index in [1.807, 2.05) is 32.0 Å². The number of carbonyl (C=O) groups is 1. The molecule has 0 aromatic heterocycles. The Morgan fingerprint density at radius 3 is 2.10 bits per heavy atom. The first-order valence-corrected chi connectivity index (χ1v) is 10.7. The first-order valence-electron chi connectivity index (χ1n) is 9.18. The lowest BCUT2D eigenvalue weighted by atomic mass is 10.1. The van der Waals surface area contributed by atoms with Crippen LogP contribution in [0.1, 0.15) is 16.7 Å². The molecule has 1 amide bonds. The second-order valence-electron chi connectivity index (χ2n) is 6.77. The molecule has 0 spiro atoms. The normalized spacial score (nSPS) is 11.4. The average Bonchev–Trinajstić information content (AvgIpc) is 2.71. The molecule has 0 saturated heterocycles. The topological polar surface area (TPSA) is 75.3 Å². The Bertz CT molecular complexity index is 1170. The fraction of sp³-hybridized carbons (Fsp3) is 0.0870. The molecule has 3 aromatic rings. The van der Waals surface area contributed by atoms with Crippen molar-refractivity contribution in [1.29, 1.82) is 0 Å². The molecule has 2 N–H and O–H groups in total. The van der Waals surface area contributed by atoms with Gasteiger partial charge in [0.05, 0.1) is 10.6 Å². The summed E-state index contributed by atoms with van der Waals surface area (Å²) in [7, 11) is -3.76. The van der Waals surface area contributed by atoms with Crippen molar-refractivity contribution in [3.8, 4) is 0 Å². The molecule has 3 aromatic carbocycles. The minimum atomic E-state index is -3.76. The molecule has 0 saturated carbocycles. The second-order valence-corrected chi connectivity index (χ2v) is 8.45. The first-order chi connectivity index (χ1) is 14.2. The van der Waals surface area contributed by atoms with Crippen LogP contribution >= 0.6 is 0 Å². The molecule has 5 nitrogen and oxygen atoms in total. The van der Waals surface area contributed by atoms with Gasteiger partial charge in [0.2, 0.25) is 5.91 Å². The number of nitrogens with one attached hydrogen (secondary N) is 2. The summed E-state index contributed by atoms with van der Waals surface area (Å²) in [6, 6.07) is 17.2. The van der Waals surface area contributed by atoms with Gasteiger partial charge in [0.25, 0.3) is 10.0 Å². The van der Waals surface area contributed by atoms with E-state index in [1.54, 1.807) is 18.2 Å². The van der Waals surface area contributed by atoms with Crippen LogP contribution in [-0.2, 0) is 14.8 Å². The van der Waals surface area contributed by atoms with E-state index in [0.29, 0.717) is 16.9 Å². The van der Waals surface area contributed by atoms with E-state index < -0.39 is 10.0 Å². The predicted octanol–water partition coefficient (Wildman–Crippen LogP) is 4.90. The van der Waals surface area contributed by atoms with Crippen LogP contribution in [0.5, 0.6) is 0 Å². The fourth-order valence-corrected chi connectivity index (χ4v) is 4.02. The van der Waals surface area contributed by atoms with Crippen LogP contribution in [0.3, 0.4) is 0 Å². The third-order valence-electron chi connectivity index (χ3n) is 4.45. The Labute approximate surface area is 175 Å². The van der Waals surface area contributed by atoms with E-state index in [-0.39, 0.29) is 16.6 Å². The molecular weight excluding hydrogens is 403 g/mol. The number of benzene rings is 3. The van der Waals surface area contributed by atoms with Gasteiger partial charge in [-0.05, 0) is 73.0 Å². The van der Waals surface area contributed by atoms with Crippen molar-refractivity contribution in [1.82, 2.24) is 0 Å². The lowest BCUT2D eigenvalue weighted by Crippen LogP contribution is -2.15. The summed E-state index contributed by atoms with van der Waals surface area (Å²) in [6.45, 7) is 3.67. The minimum Gasteiger partial charge on any atom is -0.323 e. The van der Waals surface area contributed by atoms with Gasteiger partial charge in [0.1, 0.15) is 5.82 Å². The number of anilines is 2. The van der Waals surface area contributed by atoms with Crippen molar-refractivity contribution in [3.05, 3.63) is 95.3 Å². The predicted molar refractivity (Wildman–Crippen MR) is 117 cm³/mol. The maximum absolute atomic E-state index is 12.9. The number of rotatable bonds is 6. The Morgan fingerprint density at radius 2 is 1.50 bits per heavy atom. The summed E-state index contributed by atoms with van der Waals surface area (Å²) in [6.07, 6.45) is 2.88. The molecule has 0 aliphatic rings. The minimum absolute atomic E-state index is 0.0880. The summed E-state index contributed by atoms with van der Waals surface area (Å²) in [4.78, 5) is 12.1. The Hall–Kier alpha value is -3.45. The standard InChI is InChI=1S/C23H21FN2O3S/c1-16-4-3-5-17(2)23(16)26-30(28,29)21-13-11-20(12-14-21)25-22(27)15-8-18-6-9-19(24)10-7-18/h3-15,26H,1-2H3,(H,25,27). The van der Waals surface area contributed by atoms with Gasteiger partial charge in [0, 0.05) is 11.8 Å². The van der Waals surface area contributed by atoms with Gasteiger partial charge < -0.3 is 5.32 Å². The average molecular weight is 424 g/mol. The van der Waals surface area contributed by atoms with Crippen molar-refractivity contribution < 1.29 is 17.6 Å². The van der Waals surface area contributed by atoms with Crippen molar-refractivity contribution >= 4 is 33.4 Å². The molecule has 30 heavy (non-hydrogen) atoms. The highest BCUT2D eigenvalue weighted by Crippen LogP contribution is 2.24. The van der Waals surface area contributed by atoms with Gasteiger partial charge in [-0.25, -0.2) is 12.8 Å². The van der Waals surface area contributed by atoms with Crippen LogP contribution in [0.15, 0.2) is 77.7 Å². The zero-order valence-electron chi connectivity index (χ0n) is 16.5. The van der Waals surface area contributed by atoms with Gasteiger partial charge in [-0.2, -0.15) is 0 Å². The van der Waals surface area contributed by atoms with Crippen LogP contribution in [-0.4, -0.2) is 14.3 Å². The van der Waals surface area contributed by atoms with Crippen LogP contribution in [0.4, 0.5) is 15.8 Å². The molecule has 0 fully saturated rings. The zero-order valence-corrected chi connectivity index (χ0v) is 17.3. The SMILES string of the molecule is Cc1cccc(C)c1NS(=O)(=O)c1ccc(NC(=O)C=Cc2ccc(F)cc2)cc1. The molecular formula is C23H21FN2O3S. The molecule has 7 heteroatoms. The van der Waals surface area contributed by atoms with Crippen LogP contribution < -0.4 is 10.0 Å². The summed E-state index contributed by atoms with van der Waals surface area (Å²) in [5.74, 6) is -0.734. The van der Waals surface area contributed by atoms with Crippen LogP contribution in [0.2, 0.25) is 0 Å². The summed E-state index contributed by atoms with van der Waals surface area (Å²) in [5.41, 5.74) is 3.35. The number of halogens is 1. The lowest BCUT2D eigenvalue weighted by Gasteiger charge is -2.13. The van der Waals surface area contributed by atoms with E-state index in [1.165, 1.54) is 42.5 Å². The molecule has 0 aliphatic carbocycles. The van der Waals surface area contributed by atoms with Crippen LogP contribution in [0, 0.1) is 19.7 Å². The molecule has 0 unspecified atom stereocenters. The third kappa shape index (κ3) is 5.33. The Morgan fingerprint density at radius 1 is 0.900 bits per heavy atom. The second kappa shape index (κ2) is 8.92. The number of carbonyl (C=O) groups excluding carboxylic acids is 1. The summed E-state index contributed by atoms with van der Waals surface area (Å²) in [5, 5.41) is 2.66. The Balaban J connectivity index is 1.68.